The molecule has 27 heavy (non-hydrogen) atoms. The lowest BCUT2D eigenvalue weighted by molar-refractivity contribution is 0.187. The second-order valence-corrected chi connectivity index (χ2v) is 7.65. The summed E-state index contributed by atoms with van der Waals surface area (Å²) in [4.78, 5) is 10.3. The van der Waals surface area contributed by atoms with Crippen LogP contribution in [0.1, 0.15) is 37.3 Å². The minimum atomic E-state index is 0.854. The van der Waals surface area contributed by atoms with Crippen molar-refractivity contribution in [1.29, 1.82) is 0 Å². The molecular weight excluding hydrogens is 334 g/mol. The molecular formula is C22H35N5. The third-order valence-corrected chi connectivity index (χ3v) is 5.91. The molecule has 1 aliphatic heterocycles. The van der Waals surface area contributed by atoms with Crippen molar-refractivity contribution in [1.82, 2.24) is 20.5 Å². The minimum Gasteiger partial charge on any atom is -0.361 e. The fourth-order valence-electron chi connectivity index (χ4n) is 4.17. The van der Waals surface area contributed by atoms with Gasteiger partial charge in [0.25, 0.3) is 0 Å². The Morgan fingerprint density at radius 2 is 2.00 bits per heavy atom. The van der Waals surface area contributed by atoms with Gasteiger partial charge < -0.3 is 20.5 Å². The van der Waals surface area contributed by atoms with Crippen LogP contribution in [0.3, 0.4) is 0 Å². The lowest BCUT2D eigenvalue weighted by atomic mass is 9.93. The molecule has 1 aromatic heterocycles. The molecule has 0 unspecified atom stereocenters. The van der Waals surface area contributed by atoms with E-state index in [0.717, 1.165) is 31.4 Å². The number of aromatic amines is 1. The van der Waals surface area contributed by atoms with Gasteiger partial charge >= 0.3 is 0 Å². The number of aromatic nitrogens is 1. The zero-order valence-electron chi connectivity index (χ0n) is 17.1. The summed E-state index contributed by atoms with van der Waals surface area (Å²) in [7, 11) is 1.85. The molecule has 1 fully saturated rings. The van der Waals surface area contributed by atoms with Gasteiger partial charge in [-0.25, -0.2) is 0 Å². The van der Waals surface area contributed by atoms with Crippen molar-refractivity contribution < 1.29 is 0 Å². The number of piperidine rings is 1. The predicted molar refractivity (Wildman–Crippen MR) is 116 cm³/mol. The lowest BCUT2D eigenvalue weighted by Crippen LogP contribution is -2.40. The normalized spacial score (nSPS) is 16.8. The maximum atomic E-state index is 4.37. The Labute approximate surface area is 163 Å². The quantitative estimate of drug-likeness (QED) is 0.518. The summed E-state index contributed by atoms with van der Waals surface area (Å²) >= 11 is 0. The van der Waals surface area contributed by atoms with Crippen LogP contribution in [0.5, 0.6) is 0 Å². The Balaban J connectivity index is 1.39. The number of H-pyrrole nitrogens is 1. The molecule has 3 rings (SSSR count). The molecule has 0 saturated carbocycles. The summed E-state index contributed by atoms with van der Waals surface area (Å²) in [5.41, 5.74) is 3.93. The van der Waals surface area contributed by atoms with Crippen molar-refractivity contribution in [2.45, 2.75) is 39.5 Å². The van der Waals surface area contributed by atoms with Crippen molar-refractivity contribution in [3.63, 3.8) is 0 Å². The molecule has 3 N–H and O–H groups in total. The van der Waals surface area contributed by atoms with Gasteiger partial charge in [0.2, 0.25) is 0 Å². The van der Waals surface area contributed by atoms with Crippen LogP contribution in [-0.4, -0.2) is 55.6 Å². The molecule has 5 nitrogen and oxygen atoms in total. The fourth-order valence-corrected chi connectivity index (χ4v) is 4.17. The Bertz CT molecular complexity index is 740. The molecule has 0 spiro atoms. The number of nitrogens with zero attached hydrogens (tertiary/aromatic N) is 2. The van der Waals surface area contributed by atoms with Gasteiger partial charge in [-0.1, -0.05) is 19.1 Å². The highest BCUT2D eigenvalue weighted by Crippen LogP contribution is 2.22. The molecule has 0 bridgehead atoms. The molecule has 0 aliphatic carbocycles. The van der Waals surface area contributed by atoms with Crippen LogP contribution in [-0.2, 0) is 6.42 Å². The Morgan fingerprint density at radius 1 is 1.22 bits per heavy atom. The predicted octanol–water partition coefficient (Wildman–Crippen LogP) is 3.31. The van der Waals surface area contributed by atoms with Gasteiger partial charge in [0.05, 0.1) is 0 Å². The maximum absolute atomic E-state index is 4.37. The number of benzene rings is 1. The fraction of sp³-hybridized carbons (Fsp3) is 0.591. The van der Waals surface area contributed by atoms with E-state index in [1.54, 1.807) is 0 Å². The minimum absolute atomic E-state index is 0.854. The zero-order chi connectivity index (χ0) is 19.1. The molecule has 0 atom stereocenters. The van der Waals surface area contributed by atoms with Crippen molar-refractivity contribution in [3.05, 3.63) is 35.5 Å². The number of rotatable bonds is 7. The van der Waals surface area contributed by atoms with Gasteiger partial charge in [0.15, 0.2) is 5.96 Å². The zero-order valence-corrected chi connectivity index (χ0v) is 17.1. The van der Waals surface area contributed by atoms with Crippen molar-refractivity contribution in [2.75, 3.05) is 39.8 Å². The van der Waals surface area contributed by atoms with Crippen LogP contribution < -0.4 is 10.6 Å². The van der Waals surface area contributed by atoms with E-state index in [4.69, 9.17) is 0 Å². The average Bonchev–Trinajstić information content (AvgIpc) is 3.12. The smallest absolute Gasteiger partial charge is 0.190 e. The molecule has 2 aromatic rings. The highest BCUT2D eigenvalue weighted by molar-refractivity contribution is 5.86. The number of nitrogens with one attached hydrogen (secondary N) is 3. The van der Waals surface area contributed by atoms with Crippen LogP contribution in [0.15, 0.2) is 29.4 Å². The van der Waals surface area contributed by atoms with Crippen molar-refractivity contribution >= 4 is 16.9 Å². The van der Waals surface area contributed by atoms with Crippen LogP contribution in [0.4, 0.5) is 0 Å². The first kappa shape index (κ1) is 19.7. The lowest BCUT2D eigenvalue weighted by Gasteiger charge is -2.31. The second-order valence-electron chi connectivity index (χ2n) is 7.65. The molecule has 5 heteroatoms. The molecule has 1 aromatic carbocycles. The number of aliphatic imine (C=N–C) groups is 1. The van der Waals surface area contributed by atoms with E-state index in [0.29, 0.717) is 0 Å². The molecule has 2 heterocycles. The molecule has 1 saturated heterocycles. The van der Waals surface area contributed by atoms with Crippen molar-refractivity contribution in [3.8, 4) is 0 Å². The maximum Gasteiger partial charge on any atom is 0.190 e. The van der Waals surface area contributed by atoms with E-state index < -0.39 is 0 Å². The van der Waals surface area contributed by atoms with E-state index in [-0.39, 0.29) is 0 Å². The molecule has 148 valence electrons. The van der Waals surface area contributed by atoms with E-state index in [2.05, 4.69) is 63.8 Å². The molecule has 0 radical (unpaired) electrons. The van der Waals surface area contributed by atoms with E-state index in [1.165, 1.54) is 60.9 Å². The number of hydrogen-bond acceptors (Lipinski definition) is 2. The summed E-state index contributed by atoms with van der Waals surface area (Å²) < 4.78 is 0. The summed E-state index contributed by atoms with van der Waals surface area (Å²) in [6.45, 7) is 10.0. The van der Waals surface area contributed by atoms with Gasteiger partial charge in [0.1, 0.15) is 0 Å². The summed E-state index contributed by atoms with van der Waals surface area (Å²) in [6.07, 6.45) is 7.03. The van der Waals surface area contributed by atoms with Crippen LogP contribution in [0, 0.1) is 12.8 Å². The second kappa shape index (κ2) is 9.79. The van der Waals surface area contributed by atoms with Gasteiger partial charge in [-0.05, 0) is 75.4 Å². The van der Waals surface area contributed by atoms with Crippen LogP contribution >= 0.6 is 0 Å². The van der Waals surface area contributed by atoms with Crippen molar-refractivity contribution in [2.24, 2.45) is 10.9 Å². The average molecular weight is 370 g/mol. The Kier molecular flexibility index (Phi) is 7.16. The van der Waals surface area contributed by atoms with Gasteiger partial charge in [-0.3, -0.25) is 4.99 Å². The van der Waals surface area contributed by atoms with Gasteiger partial charge in [-0.15, -0.1) is 0 Å². The number of likely N-dealkylation sites (tertiary alicyclic amines) is 1. The molecule has 1 aliphatic rings. The Morgan fingerprint density at radius 3 is 2.74 bits per heavy atom. The van der Waals surface area contributed by atoms with E-state index >= 15 is 0 Å². The number of aryl methyl sites for hydroxylation is 1. The highest BCUT2D eigenvalue weighted by Gasteiger charge is 2.17. The number of hydrogen-bond donors (Lipinski definition) is 3. The summed E-state index contributed by atoms with van der Waals surface area (Å²) in [5.74, 6) is 1.77. The standard InChI is InChI=1S/C22H35N5/c1-4-27-14-10-18(11-15-27)8-12-24-22(23-3)25-13-9-19-16-26-20-7-5-6-17(2)21(19)20/h5-7,16,18,26H,4,8-15H2,1-3H3,(H2,23,24,25). The first-order valence-corrected chi connectivity index (χ1v) is 10.4. The third kappa shape index (κ3) is 5.25. The van der Waals surface area contributed by atoms with E-state index in [1.807, 2.05) is 7.05 Å². The topological polar surface area (TPSA) is 55.4 Å². The first-order chi connectivity index (χ1) is 13.2. The van der Waals surface area contributed by atoms with Crippen LogP contribution in [0.25, 0.3) is 10.9 Å². The SMILES string of the molecule is CCN1CCC(CCNC(=NC)NCCc2c[nH]c3cccc(C)c23)CC1. The van der Waals surface area contributed by atoms with Crippen LogP contribution in [0.2, 0.25) is 0 Å². The number of guanidine groups is 1. The molecule has 0 amide bonds. The third-order valence-electron chi connectivity index (χ3n) is 5.91. The summed E-state index contributed by atoms with van der Waals surface area (Å²) in [6, 6.07) is 6.43. The monoisotopic (exact) mass is 369 g/mol. The highest BCUT2D eigenvalue weighted by atomic mass is 15.2. The van der Waals surface area contributed by atoms with Gasteiger partial charge in [-0.2, -0.15) is 0 Å². The van der Waals surface area contributed by atoms with Gasteiger partial charge in [0, 0.05) is 37.2 Å². The Hall–Kier alpha value is -2.01. The first-order valence-electron chi connectivity index (χ1n) is 10.4. The number of fused-ring (bicyclic) bond motifs is 1. The largest absolute Gasteiger partial charge is 0.361 e. The van der Waals surface area contributed by atoms with E-state index in [9.17, 15) is 0 Å². The summed E-state index contributed by atoms with van der Waals surface area (Å²) in [5, 5.41) is 8.31.